The van der Waals surface area contributed by atoms with Gasteiger partial charge in [-0.05, 0) is 91.5 Å². The Morgan fingerprint density at radius 2 is 1.06 bits per heavy atom. The molecule has 2 heterocycles. The van der Waals surface area contributed by atoms with Crippen LogP contribution >= 0.6 is 11.3 Å². The Kier molecular flexibility index (Phi) is 7.06. The van der Waals surface area contributed by atoms with E-state index < -0.39 is 0 Å². The Bertz CT molecular complexity index is 2780. The topological polar surface area (TPSA) is 25.8 Å². The van der Waals surface area contributed by atoms with E-state index >= 15 is 0 Å². The molecule has 0 saturated heterocycles. The monoisotopic (exact) mass is 682 g/mol. The van der Waals surface area contributed by atoms with E-state index in [0.29, 0.717) is 0 Å². The molecule has 0 amide bonds. The van der Waals surface area contributed by atoms with Crippen LogP contribution in [0.4, 0.5) is 0 Å². The first kappa shape index (κ1) is 30.6. The summed E-state index contributed by atoms with van der Waals surface area (Å²) in [6, 6.07) is 61.2. The predicted molar refractivity (Wildman–Crippen MR) is 220 cm³/mol. The van der Waals surface area contributed by atoms with Crippen LogP contribution in [0.1, 0.15) is 25.0 Å². The van der Waals surface area contributed by atoms with Crippen molar-refractivity contribution in [1.82, 2.24) is 9.97 Å². The van der Waals surface area contributed by atoms with Gasteiger partial charge in [0.25, 0.3) is 0 Å². The second-order valence-corrected chi connectivity index (χ2v) is 15.3. The van der Waals surface area contributed by atoms with E-state index in [9.17, 15) is 0 Å². The Hall–Kier alpha value is -6.16. The van der Waals surface area contributed by atoms with Crippen LogP contribution in [0.5, 0.6) is 0 Å². The van der Waals surface area contributed by atoms with Gasteiger partial charge in [-0.2, -0.15) is 0 Å². The van der Waals surface area contributed by atoms with Crippen molar-refractivity contribution in [3.05, 3.63) is 181 Å². The first-order valence-electron chi connectivity index (χ1n) is 17.8. The van der Waals surface area contributed by atoms with Crippen LogP contribution in [0.25, 0.3) is 87.5 Å². The molecule has 9 aromatic rings. The molecule has 0 saturated carbocycles. The smallest absolute Gasteiger partial charge is 0.160 e. The number of thiophene rings is 1. The lowest BCUT2D eigenvalue weighted by atomic mass is 9.81. The Labute approximate surface area is 307 Å². The van der Waals surface area contributed by atoms with Gasteiger partial charge in [0, 0.05) is 31.7 Å². The standard InChI is InChI=1S/C49H34N2S/c1-49(2)41-20-11-19-39(47(41)40-27-34-14-6-7-15-35(34)28-42(40)49)36-17-10-18-37(26-36)44-30-43(50-48(51-44)33-12-4-3-5-13-33)31-22-24-32(25-23-31)46-29-38-16-8-9-21-45(38)52-46/h3-30H,1-2H3. The average Bonchev–Trinajstić information content (AvgIpc) is 3.74. The van der Waals surface area contributed by atoms with Crippen molar-refractivity contribution >= 4 is 32.2 Å². The largest absolute Gasteiger partial charge is 0.228 e. The third kappa shape index (κ3) is 5.08. The van der Waals surface area contributed by atoms with Crippen LogP contribution in [-0.2, 0) is 5.41 Å². The molecule has 0 N–H and O–H groups in total. The van der Waals surface area contributed by atoms with E-state index in [-0.39, 0.29) is 5.41 Å². The molecular formula is C49H34N2S. The van der Waals surface area contributed by atoms with Crippen LogP contribution in [0.3, 0.4) is 0 Å². The molecule has 2 aromatic heterocycles. The number of fused-ring (bicyclic) bond motifs is 5. The number of hydrogen-bond donors (Lipinski definition) is 0. The number of nitrogens with zero attached hydrogens (tertiary/aromatic N) is 2. The molecule has 0 aliphatic heterocycles. The first-order valence-corrected chi connectivity index (χ1v) is 18.6. The lowest BCUT2D eigenvalue weighted by Crippen LogP contribution is -2.14. The zero-order valence-electron chi connectivity index (χ0n) is 29.0. The second kappa shape index (κ2) is 12.0. The average molecular weight is 683 g/mol. The molecule has 246 valence electrons. The summed E-state index contributed by atoms with van der Waals surface area (Å²) in [4.78, 5) is 11.6. The van der Waals surface area contributed by atoms with E-state index in [1.807, 2.05) is 29.5 Å². The summed E-state index contributed by atoms with van der Waals surface area (Å²) in [6.45, 7) is 4.71. The van der Waals surface area contributed by atoms with Crippen LogP contribution in [0, 0.1) is 0 Å². The summed E-state index contributed by atoms with van der Waals surface area (Å²) < 4.78 is 1.30. The summed E-state index contributed by atoms with van der Waals surface area (Å²) in [5, 5.41) is 3.84. The molecule has 3 heteroatoms. The molecule has 0 fully saturated rings. The highest BCUT2D eigenvalue weighted by Crippen LogP contribution is 2.53. The number of hydrogen-bond acceptors (Lipinski definition) is 3. The molecule has 1 aliphatic rings. The van der Waals surface area contributed by atoms with Crippen LogP contribution in [0.2, 0.25) is 0 Å². The molecule has 0 atom stereocenters. The van der Waals surface area contributed by atoms with Crippen LogP contribution in [0.15, 0.2) is 170 Å². The minimum Gasteiger partial charge on any atom is -0.228 e. The van der Waals surface area contributed by atoms with Gasteiger partial charge in [-0.3, -0.25) is 0 Å². The van der Waals surface area contributed by atoms with Gasteiger partial charge >= 0.3 is 0 Å². The molecule has 10 rings (SSSR count). The fraction of sp³-hybridized carbons (Fsp3) is 0.0612. The zero-order valence-corrected chi connectivity index (χ0v) is 29.8. The van der Waals surface area contributed by atoms with E-state index in [0.717, 1.165) is 33.9 Å². The van der Waals surface area contributed by atoms with Gasteiger partial charge in [0.2, 0.25) is 0 Å². The van der Waals surface area contributed by atoms with Gasteiger partial charge in [0.15, 0.2) is 5.82 Å². The number of rotatable bonds is 5. The van der Waals surface area contributed by atoms with Crippen molar-refractivity contribution in [2.75, 3.05) is 0 Å². The predicted octanol–water partition coefficient (Wildman–Crippen LogP) is 13.5. The summed E-state index contributed by atoms with van der Waals surface area (Å²) in [5.74, 6) is 0.718. The maximum absolute atomic E-state index is 5.18. The van der Waals surface area contributed by atoms with Crippen molar-refractivity contribution < 1.29 is 0 Å². The minimum atomic E-state index is -0.0963. The summed E-state index contributed by atoms with van der Waals surface area (Å²) in [7, 11) is 0. The highest BCUT2D eigenvalue weighted by Gasteiger charge is 2.37. The van der Waals surface area contributed by atoms with Crippen molar-refractivity contribution in [3.8, 4) is 66.6 Å². The Morgan fingerprint density at radius 3 is 1.85 bits per heavy atom. The van der Waals surface area contributed by atoms with E-state index in [4.69, 9.17) is 9.97 Å². The fourth-order valence-corrected chi connectivity index (χ4v) is 9.02. The maximum atomic E-state index is 5.18. The van der Waals surface area contributed by atoms with Gasteiger partial charge in [-0.1, -0.05) is 147 Å². The fourth-order valence-electron chi connectivity index (χ4n) is 7.95. The molecule has 0 bridgehead atoms. The molecule has 0 spiro atoms. The van der Waals surface area contributed by atoms with Gasteiger partial charge < -0.3 is 0 Å². The number of aromatic nitrogens is 2. The molecular weight excluding hydrogens is 649 g/mol. The van der Waals surface area contributed by atoms with Gasteiger partial charge in [-0.15, -0.1) is 11.3 Å². The molecule has 7 aromatic carbocycles. The van der Waals surface area contributed by atoms with Crippen molar-refractivity contribution in [3.63, 3.8) is 0 Å². The minimum absolute atomic E-state index is 0.0963. The lowest BCUT2D eigenvalue weighted by Gasteiger charge is -2.22. The van der Waals surface area contributed by atoms with Crippen LogP contribution < -0.4 is 0 Å². The van der Waals surface area contributed by atoms with Gasteiger partial charge in [-0.25, -0.2) is 9.97 Å². The molecule has 1 aliphatic carbocycles. The van der Waals surface area contributed by atoms with Gasteiger partial charge in [0.05, 0.1) is 11.4 Å². The molecule has 2 nitrogen and oxygen atoms in total. The molecule has 0 radical (unpaired) electrons. The van der Waals surface area contributed by atoms with Crippen molar-refractivity contribution in [1.29, 1.82) is 0 Å². The van der Waals surface area contributed by atoms with E-state index in [1.165, 1.54) is 64.7 Å². The molecule has 52 heavy (non-hydrogen) atoms. The Balaban J connectivity index is 1.08. The van der Waals surface area contributed by atoms with Gasteiger partial charge in [0.1, 0.15) is 0 Å². The number of benzene rings is 7. The van der Waals surface area contributed by atoms with Crippen molar-refractivity contribution in [2.45, 2.75) is 19.3 Å². The third-order valence-corrected chi connectivity index (χ3v) is 11.8. The third-order valence-electron chi connectivity index (χ3n) is 10.7. The highest BCUT2D eigenvalue weighted by molar-refractivity contribution is 7.22. The highest BCUT2D eigenvalue weighted by atomic mass is 32.1. The molecule has 0 unspecified atom stereocenters. The first-order chi connectivity index (χ1) is 25.5. The summed E-state index contributed by atoms with van der Waals surface area (Å²) in [5.41, 5.74) is 13.9. The Morgan fingerprint density at radius 1 is 0.423 bits per heavy atom. The zero-order chi connectivity index (χ0) is 34.8. The lowest BCUT2D eigenvalue weighted by molar-refractivity contribution is 0.661. The summed E-state index contributed by atoms with van der Waals surface area (Å²) in [6.07, 6.45) is 0. The normalized spacial score (nSPS) is 13.0. The van der Waals surface area contributed by atoms with E-state index in [2.05, 4.69) is 166 Å². The summed E-state index contributed by atoms with van der Waals surface area (Å²) >= 11 is 1.83. The quantitative estimate of drug-likeness (QED) is 0.181. The van der Waals surface area contributed by atoms with E-state index in [1.54, 1.807) is 0 Å². The maximum Gasteiger partial charge on any atom is 0.160 e. The van der Waals surface area contributed by atoms with Crippen LogP contribution in [-0.4, -0.2) is 9.97 Å². The second-order valence-electron chi connectivity index (χ2n) is 14.2. The SMILES string of the molecule is CC1(C)c2cc3ccccc3cc2-c2c(-c3cccc(-c4cc(-c5ccc(-c6cc7ccccc7s6)cc5)nc(-c5ccccc5)n4)c3)cccc21. The van der Waals surface area contributed by atoms with Crippen molar-refractivity contribution in [2.24, 2.45) is 0 Å².